The Morgan fingerprint density at radius 1 is 0.970 bits per heavy atom. The summed E-state index contributed by atoms with van der Waals surface area (Å²) in [5.41, 5.74) is 4.14. The summed E-state index contributed by atoms with van der Waals surface area (Å²) in [6.45, 7) is 2.20. The van der Waals surface area contributed by atoms with Crippen LogP contribution in [0.25, 0.3) is 11.1 Å². The van der Waals surface area contributed by atoms with Crippen LogP contribution in [0.15, 0.2) is 65.6 Å². The van der Waals surface area contributed by atoms with Crippen LogP contribution in [0.1, 0.15) is 24.0 Å². The summed E-state index contributed by atoms with van der Waals surface area (Å²) in [5.74, 6) is 1.38. The highest BCUT2D eigenvalue weighted by molar-refractivity contribution is 8.22. The zero-order valence-electron chi connectivity index (χ0n) is 18.4. The predicted molar refractivity (Wildman–Crippen MR) is 129 cm³/mol. The molecule has 3 aromatic rings. The smallest absolute Gasteiger partial charge is 0.235 e. The maximum atomic E-state index is 13.2. The molecule has 1 fully saturated rings. The lowest BCUT2D eigenvalue weighted by molar-refractivity contribution is -0.118. The lowest BCUT2D eigenvalue weighted by Crippen LogP contribution is -2.27. The molecule has 8 heteroatoms. The fourth-order valence-electron chi connectivity index (χ4n) is 4.22. The summed E-state index contributed by atoms with van der Waals surface area (Å²) >= 11 is 0. The third kappa shape index (κ3) is 3.95. The number of amides is 1. The minimum Gasteiger partial charge on any atom is -0.454 e. The standard InChI is InChI=1S/C25H26N2O5S/c1-16-13-19(6-9-21(16)17-3-7-20(8-4-17)33(29,30)26-2)27-24(28)25(11-12-25)18-5-10-22-23(14-18)32-15-31-22/h3-10,13-14,26,29-30H,11-12,15H2,1-2H3,(H,27,28). The molecule has 7 nitrogen and oxygen atoms in total. The van der Waals surface area contributed by atoms with Gasteiger partial charge in [-0.3, -0.25) is 13.9 Å². The molecule has 1 heterocycles. The van der Waals surface area contributed by atoms with Crippen molar-refractivity contribution >= 4 is 22.4 Å². The molecule has 4 N–H and O–H groups in total. The molecule has 3 aromatic carbocycles. The number of carbonyl (C=O) groups excluding carboxylic acids is 1. The number of hydrogen-bond donors (Lipinski definition) is 4. The van der Waals surface area contributed by atoms with Gasteiger partial charge in [0.25, 0.3) is 0 Å². The van der Waals surface area contributed by atoms with Gasteiger partial charge in [-0.1, -0.05) is 24.3 Å². The van der Waals surface area contributed by atoms with Gasteiger partial charge in [0.2, 0.25) is 12.7 Å². The summed E-state index contributed by atoms with van der Waals surface area (Å²) in [6.07, 6.45) is 1.60. The maximum Gasteiger partial charge on any atom is 0.235 e. The molecule has 1 saturated carbocycles. The van der Waals surface area contributed by atoms with Crippen molar-refractivity contribution in [1.82, 2.24) is 4.72 Å². The van der Waals surface area contributed by atoms with E-state index < -0.39 is 16.2 Å². The molecule has 0 saturated heterocycles. The Balaban J connectivity index is 1.33. The average Bonchev–Trinajstić information content (AvgIpc) is 3.50. The van der Waals surface area contributed by atoms with Crippen LogP contribution in [-0.2, 0) is 10.2 Å². The molecule has 1 amide bonds. The lowest BCUT2D eigenvalue weighted by Gasteiger charge is -2.31. The largest absolute Gasteiger partial charge is 0.454 e. The summed E-state index contributed by atoms with van der Waals surface area (Å²) in [5, 5.41) is 3.08. The summed E-state index contributed by atoms with van der Waals surface area (Å²) in [6, 6.07) is 18.7. The second kappa shape index (κ2) is 8.07. The lowest BCUT2D eigenvalue weighted by atomic mass is 9.94. The number of anilines is 1. The van der Waals surface area contributed by atoms with Crippen molar-refractivity contribution in [2.24, 2.45) is 0 Å². The molecule has 0 aromatic heterocycles. The van der Waals surface area contributed by atoms with Crippen LogP contribution in [0, 0.1) is 6.92 Å². The highest BCUT2D eigenvalue weighted by Crippen LogP contribution is 2.51. The van der Waals surface area contributed by atoms with Crippen molar-refractivity contribution in [3.8, 4) is 22.6 Å². The van der Waals surface area contributed by atoms with Crippen molar-refractivity contribution in [2.45, 2.75) is 30.1 Å². The zero-order valence-corrected chi connectivity index (χ0v) is 19.2. The zero-order chi connectivity index (χ0) is 23.2. The second-order valence-corrected chi connectivity index (χ2v) is 10.4. The number of ether oxygens (including phenoxy) is 2. The first-order valence-electron chi connectivity index (χ1n) is 10.7. The van der Waals surface area contributed by atoms with Gasteiger partial charge in [-0.25, -0.2) is 4.72 Å². The first-order chi connectivity index (χ1) is 15.8. The van der Waals surface area contributed by atoms with Gasteiger partial charge in [-0.15, -0.1) is 10.8 Å². The Hall–Kier alpha value is -3.04. The molecule has 172 valence electrons. The third-order valence-corrected chi connectivity index (χ3v) is 7.87. The first kappa shape index (κ1) is 21.8. The van der Waals surface area contributed by atoms with E-state index in [0.29, 0.717) is 16.4 Å². The van der Waals surface area contributed by atoms with E-state index in [-0.39, 0.29) is 12.7 Å². The quantitative estimate of drug-likeness (QED) is 0.393. The summed E-state index contributed by atoms with van der Waals surface area (Å²) in [4.78, 5) is 13.6. The molecule has 2 aliphatic rings. The molecule has 0 unspecified atom stereocenters. The Bertz CT molecular complexity index is 1220. The van der Waals surface area contributed by atoms with E-state index in [0.717, 1.165) is 40.8 Å². The number of aryl methyl sites for hydroxylation is 1. The number of fused-ring (bicyclic) bond motifs is 1. The molecule has 0 spiro atoms. The van der Waals surface area contributed by atoms with Crippen LogP contribution in [-0.4, -0.2) is 28.9 Å². The summed E-state index contributed by atoms with van der Waals surface area (Å²) in [7, 11) is -1.46. The van der Waals surface area contributed by atoms with Gasteiger partial charge in [0.1, 0.15) is 0 Å². The van der Waals surface area contributed by atoms with Crippen molar-refractivity contribution in [3.63, 3.8) is 0 Å². The van der Waals surface area contributed by atoms with Gasteiger partial charge in [0.05, 0.1) is 10.3 Å². The van der Waals surface area contributed by atoms with E-state index in [1.165, 1.54) is 7.05 Å². The number of rotatable bonds is 6. The third-order valence-electron chi connectivity index (χ3n) is 6.37. The van der Waals surface area contributed by atoms with Crippen molar-refractivity contribution in [1.29, 1.82) is 0 Å². The predicted octanol–water partition coefficient (Wildman–Crippen LogP) is 5.30. The van der Waals surface area contributed by atoms with Crippen LogP contribution in [0.3, 0.4) is 0 Å². The van der Waals surface area contributed by atoms with Crippen LogP contribution in [0.5, 0.6) is 11.5 Å². The molecule has 0 atom stereocenters. The normalized spacial score (nSPS) is 16.4. The van der Waals surface area contributed by atoms with Crippen LogP contribution in [0.2, 0.25) is 0 Å². The number of hydrogen-bond acceptors (Lipinski definition) is 6. The van der Waals surface area contributed by atoms with Gasteiger partial charge < -0.3 is 14.8 Å². The SMILES string of the molecule is CNS(O)(O)c1ccc(-c2ccc(NC(=O)C3(c4ccc5c(c4)OCO5)CC3)cc2C)cc1. The second-order valence-electron chi connectivity index (χ2n) is 8.41. The van der Waals surface area contributed by atoms with E-state index in [2.05, 4.69) is 10.0 Å². The summed E-state index contributed by atoms with van der Waals surface area (Å²) < 4.78 is 33.4. The maximum absolute atomic E-state index is 13.2. The van der Waals surface area contributed by atoms with Gasteiger partial charge in [-0.05, 0) is 78.4 Å². The van der Waals surface area contributed by atoms with Gasteiger partial charge >= 0.3 is 0 Å². The molecular weight excluding hydrogens is 440 g/mol. The van der Waals surface area contributed by atoms with E-state index in [1.54, 1.807) is 12.1 Å². The molecule has 0 radical (unpaired) electrons. The van der Waals surface area contributed by atoms with E-state index >= 15 is 0 Å². The molecule has 1 aliphatic carbocycles. The fraction of sp³-hybridized carbons (Fsp3) is 0.240. The molecule has 1 aliphatic heterocycles. The van der Waals surface area contributed by atoms with Crippen LogP contribution >= 0.6 is 10.8 Å². The van der Waals surface area contributed by atoms with Crippen molar-refractivity contribution < 1.29 is 23.4 Å². The Morgan fingerprint density at radius 2 is 1.70 bits per heavy atom. The Kier molecular flexibility index (Phi) is 5.33. The highest BCUT2D eigenvalue weighted by atomic mass is 32.3. The Morgan fingerprint density at radius 3 is 2.36 bits per heavy atom. The molecule has 5 rings (SSSR count). The van der Waals surface area contributed by atoms with Gasteiger partial charge in [0, 0.05) is 12.7 Å². The molecule has 33 heavy (non-hydrogen) atoms. The van der Waals surface area contributed by atoms with Gasteiger partial charge in [0.15, 0.2) is 11.5 Å². The Labute approximate surface area is 194 Å². The minimum atomic E-state index is -2.97. The monoisotopic (exact) mass is 466 g/mol. The number of benzene rings is 3. The van der Waals surface area contributed by atoms with Crippen LogP contribution < -0.4 is 19.5 Å². The highest BCUT2D eigenvalue weighted by Gasteiger charge is 2.51. The van der Waals surface area contributed by atoms with Crippen LogP contribution in [0.4, 0.5) is 5.69 Å². The van der Waals surface area contributed by atoms with Gasteiger partial charge in [-0.2, -0.15) is 0 Å². The van der Waals surface area contributed by atoms with E-state index in [9.17, 15) is 13.9 Å². The average molecular weight is 467 g/mol. The number of nitrogens with one attached hydrogen (secondary N) is 2. The van der Waals surface area contributed by atoms with Crippen molar-refractivity contribution in [2.75, 3.05) is 19.2 Å². The first-order valence-corrected chi connectivity index (χ1v) is 12.3. The fourth-order valence-corrected chi connectivity index (χ4v) is 4.98. The topological polar surface area (TPSA) is 100 Å². The minimum absolute atomic E-state index is 0.0184. The molecule has 0 bridgehead atoms. The van der Waals surface area contributed by atoms with E-state index in [4.69, 9.17) is 9.47 Å². The van der Waals surface area contributed by atoms with E-state index in [1.807, 2.05) is 55.5 Å². The molecular formula is C25H26N2O5S. The van der Waals surface area contributed by atoms with Crippen molar-refractivity contribution in [3.05, 3.63) is 71.8 Å². The number of carbonyl (C=O) groups is 1.